The molecule has 2 aliphatic carbocycles. The van der Waals surface area contributed by atoms with Gasteiger partial charge in [0, 0.05) is 18.3 Å². The molecule has 0 aliphatic heterocycles. The van der Waals surface area contributed by atoms with Crippen LogP contribution >= 0.6 is 0 Å². The lowest BCUT2D eigenvalue weighted by Crippen LogP contribution is -2.42. The molecule has 2 atom stereocenters. The number of hydrogen-bond acceptors (Lipinski definition) is 2. The van der Waals surface area contributed by atoms with Crippen LogP contribution in [-0.4, -0.2) is 10.9 Å². The van der Waals surface area contributed by atoms with Gasteiger partial charge in [-0.25, -0.2) is 0 Å². The highest BCUT2D eigenvalue weighted by Gasteiger charge is 2.45. The zero-order valence-corrected chi connectivity index (χ0v) is 12.3. The van der Waals surface area contributed by atoms with Crippen LogP contribution in [-0.2, 0) is 16.6 Å². The van der Waals surface area contributed by atoms with E-state index in [9.17, 15) is 9.90 Å². The Bertz CT molecular complexity index is 585. The van der Waals surface area contributed by atoms with E-state index in [1.807, 2.05) is 6.07 Å². The lowest BCUT2D eigenvalue weighted by Gasteiger charge is -2.46. The van der Waals surface area contributed by atoms with Crippen LogP contribution in [0.25, 0.3) is 0 Å². The standard InChI is InChI=1S/C18H22O2/c1-3-4-13-10-16(20)11-14-6-5-12-9-15(19)7-8-17(12)18(13,14)2/h6-9,13,19H,3-5,10-11H2,1-2H3/t13-,18+/m0/s1. The van der Waals surface area contributed by atoms with Crippen LogP contribution in [0.3, 0.4) is 0 Å². The maximum atomic E-state index is 12.0. The summed E-state index contributed by atoms with van der Waals surface area (Å²) < 4.78 is 0. The third kappa shape index (κ3) is 1.90. The highest BCUT2D eigenvalue weighted by atomic mass is 16.3. The Labute approximate surface area is 120 Å². The van der Waals surface area contributed by atoms with Crippen molar-refractivity contribution in [2.75, 3.05) is 0 Å². The van der Waals surface area contributed by atoms with Crippen molar-refractivity contribution < 1.29 is 9.90 Å². The molecule has 2 aliphatic rings. The van der Waals surface area contributed by atoms with Crippen molar-refractivity contribution in [3.05, 3.63) is 41.0 Å². The van der Waals surface area contributed by atoms with E-state index in [0.717, 1.165) is 19.3 Å². The zero-order valence-electron chi connectivity index (χ0n) is 12.3. The number of carbonyl (C=O) groups is 1. The fourth-order valence-electron chi connectivity index (χ4n) is 4.11. The summed E-state index contributed by atoms with van der Waals surface area (Å²) in [5.41, 5.74) is 3.81. The Hall–Kier alpha value is -1.57. The Morgan fingerprint density at radius 3 is 2.95 bits per heavy atom. The van der Waals surface area contributed by atoms with Gasteiger partial charge in [-0.05, 0) is 42.0 Å². The molecule has 106 valence electrons. The number of fused-ring (bicyclic) bond motifs is 3. The van der Waals surface area contributed by atoms with Crippen LogP contribution in [0.2, 0.25) is 0 Å². The number of rotatable bonds is 2. The van der Waals surface area contributed by atoms with E-state index in [1.165, 1.54) is 16.7 Å². The third-order valence-electron chi connectivity index (χ3n) is 5.20. The highest BCUT2D eigenvalue weighted by Crippen LogP contribution is 2.51. The first-order valence-corrected chi connectivity index (χ1v) is 7.59. The number of phenols is 1. The quantitative estimate of drug-likeness (QED) is 0.827. The molecule has 0 saturated heterocycles. The van der Waals surface area contributed by atoms with Gasteiger partial charge in [-0.3, -0.25) is 4.79 Å². The minimum Gasteiger partial charge on any atom is -0.508 e. The fraction of sp³-hybridized carbons (Fsp3) is 0.500. The topological polar surface area (TPSA) is 37.3 Å². The summed E-state index contributed by atoms with van der Waals surface area (Å²) in [5, 5.41) is 9.70. The Morgan fingerprint density at radius 1 is 1.40 bits per heavy atom. The molecule has 1 fully saturated rings. The van der Waals surface area contributed by atoms with Crippen molar-refractivity contribution >= 4 is 5.78 Å². The van der Waals surface area contributed by atoms with Gasteiger partial charge >= 0.3 is 0 Å². The number of aromatic hydroxyl groups is 1. The van der Waals surface area contributed by atoms with Gasteiger partial charge in [0.15, 0.2) is 0 Å². The monoisotopic (exact) mass is 270 g/mol. The molecule has 2 heteroatoms. The van der Waals surface area contributed by atoms with Gasteiger partial charge in [-0.15, -0.1) is 0 Å². The smallest absolute Gasteiger partial charge is 0.137 e. The molecule has 1 aromatic carbocycles. The summed E-state index contributed by atoms with van der Waals surface area (Å²) in [6.07, 6.45) is 6.55. The number of phenolic OH excluding ortho intramolecular Hbond substituents is 1. The van der Waals surface area contributed by atoms with Crippen molar-refractivity contribution in [3.8, 4) is 5.75 Å². The summed E-state index contributed by atoms with van der Waals surface area (Å²) in [5.74, 6) is 1.11. The molecule has 20 heavy (non-hydrogen) atoms. The predicted molar refractivity (Wildman–Crippen MR) is 79.9 cm³/mol. The number of carbonyl (C=O) groups excluding carboxylic acids is 1. The number of allylic oxidation sites excluding steroid dienone is 2. The third-order valence-corrected chi connectivity index (χ3v) is 5.20. The van der Waals surface area contributed by atoms with Gasteiger partial charge in [-0.1, -0.05) is 38.0 Å². The minimum atomic E-state index is -0.0226. The largest absolute Gasteiger partial charge is 0.508 e. The van der Waals surface area contributed by atoms with Gasteiger partial charge in [-0.2, -0.15) is 0 Å². The molecule has 1 N–H and O–H groups in total. The maximum absolute atomic E-state index is 12.0. The Balaban J connectivity index is 2.12. The van der Waals surface area contributed by atoms with Crippen LogP contribution in [0.15, 0.2) is 29.8 Å². The molecule has 0 bridgehead atoms. The molecule has 1 saturated carbocycles. The zero-order chi connectivity index (χ0) is 14.3. The summed E-state index contributed by atoms with van der Waals surface area (Å²) in [6.45, 7) is 4.48. The first-order valence-electron chi connectivity index (χ1n) is 7.59. The van der Waals surface area contributed by atoms with Gasteiger partial charge in [0.25, 0.3) is 0 Å². The lowest BCUT2D eigenvalue weighted by molar-refractivity contribution is -0.121. The lowest BCUT2D eigenvalue weighted by atomic mass is 9.56. The van der Waals surface area contributed by atoms with Gasteiger partial charge < -0.3 is 5.11 Å². The van der Waals surface area contributed by atoms with Crippen molar-refractivity contribution in [1.82, 2.24) is 0 Å². The molecule has 0 aromatic heterocycles. The van der Waals surface area contributed by atoms with Crippen LogP contribution in [0.5, 0.6) is 5.75 Å². The minimum absolute atomic E-state index is 0.0226. The van der Waals surface area contributed by atoms with Crippen molar-refractivity contribution in [2.24, 2.45) is 5.92 Å². The van der Waals surface area contributed by atoms with E-state index in [-0.39, 0.29) is 5.41 Å². The molecular formula is C18H22O2. The normalized spacial score (nSPS) is 28.6. The molecule has 0 spiro atoms. The molecule has 1 aromatic rings. The number of Topliss-reactive ketones (excluding diaryl/α,β-unsaturated/α-hetero) is 1. The second kappa shape index (κ2) is 4.76. The highest BCUT2D eigenvalue weighted by molar-refractivity contribution is 5.84. The molecule has 0 radical (unpaired) electrons. The van der Waals surface area contributed by atoms with E-state index in [4.69, 9.17) is 0 Å². The molecule has 0 heterocycles. The van der Waals surface area contributed by atoms with Crippen molar-refractivity contribution in [1.29, 1.82) is 0 Å². The van der Waals surface area contributed by atoms with Crippen molar-refractivity contribution in [2.45, 2.75) is 51.4 Å². The second-order valence-electron chi connectivity index (χ2n) is 6.38. The molecule has 0 amide bonds. The second-order valence-corrected chi connectivity index (χ2v) is 6.38. The fourth-order valence-corrected chi connectivity index (χ4v) is 4.11. The van der Waals surface area contributed by atoms with Gasteiger partial charge in [0.2, 0.25) is 0 Å². The van der Waals surface area contributed by atoms with Gasteiger partial charge in [0.05, 0.1) is 0 Å². The molecule has 2 nitrogen and oxygen atoms in total. The summed E-state index contributed by atoms with van der Waals surface area (Å²) in [7, 11) is 0. The SMILES string of the molecule is CCC[C@H]1CC(=O)CC2=CCc3cc(O)ccc3[C@@]21C. The average molecular weight is 270 g/mol. The average Bonchev–Trinajstić information content (AvgIpc) is 2.40. The Morgan fingerprint density at radius 2 is 2.20 bits per heavy atom. The summed E-state index contributed by atoms with van der Waals surface area (Å²) in [4.78, 5) is 12.0. The van der Waals surface area contributed by atoms with Crippen LogP contribution in [0.4, 0.5) is 0 Å². The van der Waals surface area contributed by atoms with Crippen LogP contribution < -0.4 is 0 Å². The van der Waals surface area contributed by atoms with E-state index < -0.39 is 0 Å². The summed E-state index contributed by atoms with van der Waals surface area (Å²) >= 11 is 0. The van der Waals surface area contributed by atoms with E-state index in [0.29, 0.717) is 30.3 Å². The number of ketones is 1. The van der Waals surface area contributed by atoms with E-state index in [2.05, 4.69) is 26.0 Å². The Kier molecular flexibility index (Phi) is 3.19. The van der Waals surface area contributed by atoms with Crippen molar-refractivity contribution in [3.63, 3.8) is 0 Å². The van der Waals surface area contributed by atoms with E-state index in [1.54, 1.807) is 6.07 Å². The maximum Gasteiger partial charge on any atom is 0.137 e. The van der Waals surface area contributed by atoms with Crippen LogP contribution in [0, 0.1) is 5.92 Å². The summed E-state index contributed by atoms with van der Waals surface area (Å²) in [6, 6.07) is 5.73. The van der Waals surface area contributed by atoms with E-state index >= 15 is 0 Å². The first-order chi connectivity index (χ1) is 9.55. The first kappa shape index (κ1) is 13.4. The molecule has 0 unspecified atom stereocenters. The van der Waals surface area contributed by atoms with Gasteiger partial charge in [0.1, 0.15) is 11.5 Å². The van der Waals surface area contributed by atoms with Crippen LogP contribution in [0.1, 0.15) is 50.7 Å². The number of hydrogen-bond donors (Lipinski definition) is 1. The number of benzene rings is 1. The molecular weight excluding hydrogens is 248 g/mol. The predicted octanol–water partition coefficient (Wildman–Crippen LogP) is 3.91. The molecule has 3 rings (SSSR count).